The van der Waals surface area contributed by atoms with Crippen molar-refractivity contribution in [1.29, 1.82) is 0 Å². The van der Waals surface area contributed by atoms with Gasteiger partial charge in [-0.05, 0) is 36.1 Å². The molecule has 146 valence electrons. The molecule has 0 bridgehead atoms. The summed E-state index contributed by atoms with van der Waals surface area (Å²) in [6.07, 6.45) is 5.05. The summed E-state index contributed by atoms with van der Waals surface area (Å²) in [6, 6.07) is 8.91. The van der Waals surface area contributed by atoms with Gasteiger partial charge in [0, 0.05) is 57.6 Å². The van der Waals surface area contributed by atoms with Gasteiger partial charge in [-0.2, -0.15) is 5.10 Å². The van der Waals surface area contributed by atoms with Crippen molar-refractivity contribution in [2.75, 3.05) is 19.6 Å². The summed E-state index contributed by atoms with van der Waals surface area (Å²) in [4.78, 5) is 17.2. The van der Waals surface area contributed by atoms with E-state index in [1.165, 1.54) is 12.1 Å². The highest BCUT2D eigenvalue weighted by Gasteiger charge is 2.29. The fraction of sp³-hybridized carbons (Fsp3) is 0.524. The van der Waals surface area contributed by atoms with E-state index in [1.54, 1.807) is 10.9 Å². The first-order chi connectivity index (χ1) is 13.0. The molecular formula is C21H29FN4O. The van der Waals surface area contributed by atoms with Gasteiger partial charge in [-0.25, -0.2) is 4.39 Å². The van der Waals surface area contributed by atoms with Crippen LogP contribution in [0.2, 0.25) is 0 Å². The van der Waals surface area contributed by atoms with Crippen LogP contribution in [0.1, 0.15) is 32.3 Å². The van der Waals surface area contributed by atoms with Gasteiger partial charge in [0.15, 0.2) is 0 Å². The van der Waals surface area contributed by atoms with Gasteiger partial charge in [-0.3, -0.25) is 14.4 Å². The molecule has 1 aliphatic rings. The number of amides is 1. The molecule has 2 heterocycles. The number of hydrogen-bond acceptors (Lipinski definition) is 3. The van der Waals surface area contributed by atoms with Crippen LogP contribution in [0.4, 0.5) is 4.39 Å². The summed E-state index contributed by atoms with van der Waals surface area (Å²) in [5.41, 5.74) is 1.11. The molecule has 1 fully saturated rings. The van der Waals surface area contributed by atoms with E-state index in [0.29, 0.717) is 24.9 Å². The molecule has 0 aliphatic carbocycles. The smallest absolute Gasteiger partial charge is 0.224 e. The Bertz CT molecular complexity index is 714. The van der Waals surface area contributed by atoms with Crippen molar-refractivity contribution >= 4 is 5.91 Å². The number of aryl methyl sites for hydroxylation is 1. The Labute approximate surface area is 160 Å². The van der Waals surface area contributed by atoms with Crippen molar-refractivity contribution in [3.63, 3.8) is 0 Å². The Kier molecular flexibility index (Phi) is 6.61. The summed E-state index contributed by atoms with van der Waals surface area (Å²) in [7, 11) is 0. The maximum Gasteiger partial charge on any atom is 0.224 e. The van der Waals surface area contributed by atoms with Crippen LogP contribution in [0, 0.1) is 11.7 Å². The summed E-state index contributed by atoms with van der Waals surface area (Å²) in [5, 5.41) is 4.17. The van der Waals surface area contributed by atoms with Crippen LogP contribution in [0.15, 0.2) is 42.7 Å². The van der Waals surface area contributed by atoms with Crippen molar-refractivity contribution in [3.8, 4) is 0 Å². The second-order valence-electron chi connectivity index (χ2n) is 7.62. The lowest BCUT2D eigenvalue weighted by molar-refractivity contribution is -0.132. The molecule has 27 heavy (non-hydrogen) atoms. The lowest BCUT2D eigenvalue weighted by atomic mass is 10.0. The first-order valence-corrected chi connectivity index (χ1v) is 9.76. The SMILES string of the molecule is CC(C)[C@@H]1CN(C(=O)CCn2cccn2)CCCN1Cc1ccc(F)cc1. The Morgan fingerprint density at radius 2 is 2.04 bits per heavy atom. The van der Waals surface area contributed by atoms with Gasteiger partial charge >= 0.3 is 0 Å². The van der Waals surface area contributed by atoms with Gasteiger partial charge in [0.1, 0.15) is 5.82 Å². The van der Waals surface area contributed by atoms with Crippen LogP contribution in [0.25, 0.3) is 0 Å². The van der Waals surface area contributed by atoms with Crippen LogP contribution in [-0.2, 0) is 17.9 Å². The first-order valence-electron chi connectivity index (χ1n) is 9.76. The van der Waals surface area contributed by atoms with Crippen LogP contribution >= 0.6 is 0 Å². The third-order valence-electron chi connectivity index (χ3n) is 5.28. The van der Waals surface area contributed by atoms with Crippen LogP contribution in [0.3, 0.4) is 0 Å². The molecule has 1 atom stereocenters. The van der Waals surface area contributed by atoms with Crippen LogP contribution < -0.4 is 0 Å². The fourth-order valence-electron chi connectivity index (χ4n) is 3.74. The zero-order valence-corrected chi connectivity index (χ0v) is 16.2. The van der Waals surface area contributed by atoms with Crippen molar-refractivity contribution in [2.45, 2.75) is 45.8 Å². The van der Waals surface area contributed by atoms with Crippen molar-refractivity contribution in [3.05, 3.63) is 54.1 Å². The summed E-state index contributed by atoms with van der Waals surface area (Å²) in [5.74, 6) is 0.425. The minimum absolute atomic E-state index is 0.194. The molecule has 3 rings (SSSR count). The Morgan fingerprint density at radius 3 is 2.70 bits per heavy atom. The number of rotatable bonds is 6. The van der Waals surface area contributed by atoms with E-state index >= 15 is 0 Å². The van der Waals surface area contributed by atoms with E-state index in [9.17, 15) is 9.18 Å². The summed E-state index contributed by atoms with van der Waals surface area (Å²) >= 11 is 0. The topological polar surface area (TPSA) is 41.4 Å². The number of hydrogen-bond donors (Lipinski definition) is 0. The highest BCUT2D eigenvalue weighted by molar-refractivity contribution is 5.76. The highest BCUT2D eigenvalue weighted by Crippen LogP contribution is 2.20. The molecule has 1 aliphatic heterocycles. The second kappa shape index (κ2) is 9.13. The molecule has 6 heteroatoms. The molecule has 1 amide bonds. The molecule has 2 aromatic rings. The zero-order valence-electron chi connectivity index (χ0n) is 16.2. The van der Waals surface area contributed by atoms with E-state index < -0.39 is 0 Å². The normalized spacial score (nSPS) is 18.7. The zero-order chi connectivity index (χ0) is 19.2. The third kappa shape index (κ3) is 5.39. The molecular weight excluding hydrogens is 343 g/mol. The maximum absolute atomic E-state index is 13.2. The highest BCUT2D eigenvalue weighted by atomic mass is 19.1. The van der Waals surface area contributed by atoms with Crippen LogP contribution in [0.5, 0.6) is 0 Å². The lowest BCUT2D eigenvalue weighted by Gasteiger charge is -2.34. The van der Waals surface area contributed by atoms with E-state index in [0.717, 1.165) is 38.2 Å². The minimum atomic E-state index is -0.205. The van der Waals surface area contributed by atoms with Crippen molar-refractivity contribution in [1.82, 2.24) is 19.6 Å². The lowest BCUT2D eigenvalue weighted by Crippen LogP contribution is -2.45. The van der Waals surface area contributed by atoms with Gasteiger partial charge in [-0.1, -0.05) is 26.0 Å². The summed E-state index contributed by atoms with van der Waals surface area (Å²) < 4.78 is 15.0. The number of nitrogens with zero attached hydrogens (tertiary/aromatic N) is 4. The van der Waals surface area contributed by atoms with E-state index in [4.69, 9.17) is 0 Å². The third-order valence-corrected chi connectivity index (χ3v) is 5.28. The summed E-state index contributed by atoms with van der Waals surface area (Å²) in [6.45, 7) is 8.31. The van der Waals surface area contributed by atoms with Crippen molar-refractivity contribution in [2.24, 2.45) is 5.92 Å². The number of halogens is 1. The minimum Gasteiger partial charge on any atom is -0.341 e. The maximum atomic E-state index is 13.2. The number of carbonyl (C=O) groups is 1. The average Bonchev–Trinajstić information content (AvgIpc) is 3.08. The molecule has 0 N–H and O–H groups in total. The molecule has 0 radical (unpaired) electrons. The molecule has 0 spiro atoms. The van der Waals surface area contributed by atoms with Gasteiger partial charge in [0.25, 0.3) is 0 Å². The molecule has 1 saturated heterocycles. The number of benzene rings is 1. The quantitative estimate of drug-likeness (QED) is 0.782. The molecule has 0 unspecified atom stereocenters. The Hall–Kier alpha value is -2.21. The predicted molar refractivity (Wildman–Crippen MR) is 103 cm³/mol. The number of aromatic nitrogens is 2. The van der Waals surface area contributed by atoms with Crippen LogP contribution in [-0.4, -0.2) is 51.2 Å². The average molecular weight is 372 g/mol. The fourth-order valence-corrected chi connectivity index (χ4v) is 3.74. The second-order valence-corrected chi connectivity index (χ2v) is 7.62. The Balaban J connectivity index is 1.63. The van der Waals surface area contributed by atoms with Gasteiger partial charge < -0.3 is 4.90 Å². The standard InChI is InChI=1S/C21H29FN4O/c1-17(2)20-16-25(21(27)9-14-26-13-3-10-23-26)12-4-11-24(20)15-18-5-7-19(22)8-6-18/h3,5-8,10,13,17,20H,4,9,11-12,14-16H2,1-2H3/t20-/m0/s1. The largest absolute Gasteiger partial charge is 0.341 e. The molecule has 5 nitrogen and oxygen atoms in total. The van der Waals surface area contributed by atoms with Crippen molar-refractivity contribution < 1.29 is 9.18 Å². The molecule has 1 aromatic carbocycles. The predicted octanol–water partition coefficient (Wildman–Crippen LogP) is 3.17. The first kappa shape index (κ1) is 19.5. The Morgan fingerprint density at radius 1 is 1.26 bits per heavy atom. The van der Waals surface area contributed by atoms with Gasteiger partial charge in [0.05, 0.1) is 0 Å². The van der Waals surface area contributed by atoms with Gasteiger partial charge in [0.2, 0.25) is 5.91 Å². The molecule has 1 aromatic heterocycles. The van der Waals surface area contributed by atoms with E-state index in [-0.39, 0.29) is 11.7 Å². The van der Waals surface area contributed by atoms with Gasteiger partial charge in [-0.15, -0.1) is 0 Å². The number of carbonyl (C=O) groups excluding carboxylic acids is 1. The monoisotopic (exact) mass is 372 g/mol. The molecule has 0 saturated carbocycles. The van der Waals surface area contributed by atoms with E-state index in [2.05, 4.69) is 23.8 Å². The van der Waals surface area contributed by atoms with E-state index in [1.807, 2.05) is 29.3 Å².